The van der Waals surface area contributed by atoms with Crippen LogP contribution in [-0.4, -0.2) is 80.7 Å². The number of aliphatic hydroxyl groups is 4. The van der Waals surface area contributed by atoms with Crippen molar-refractivity contribution >= 4 is 23.2 Å². The minimum atomic E-state index is -1.04. The zero-order valence-corrected chi connectivity index (χ0v) is 45.4. The van der Waals surface area contributed by atoms with Gasteiger partial charge in [-0.3, -0.25) is 9.59 Å². The lowest BCUT2D eigenvalue weighted by Crippen LogP contribution is -2.54. The molecule has 4 atom stereocenters. The lowest BCUT2D eigenvalue weighted by atomic mass is 9.70. The molecule has 11 nitrogen and oxygen atoms in total. The fourth-order valence-electron chi connectivity index (χ4n) is 10.5. The van der Waals surface area contributed by atoms with Gasteiger partial charge < -0.3 is 41.7 Å². The highest BCUT2D eigenvalue weighted by molar-refractivity contribution is 7.09. The number of nitrogens with one attached hydrogen (secondary N) is 4. The first-order valence-corrected chi connectivity index (χ1v) is 26.9. The number of benzene rings is 4. The number of rotatable bonds is 17. The highest BCUT2D eigenvalue weighted by Gasteiger charge is 2.45. The van der Waals surface area contributed by atoms with Crippen LogP contribution in [0.1, 0.15) is 145 Å². The number of aromatic nitrogens is 1. The third-order valence-electron chi connectivity index (χ3n) is 14.9. The van der Waals surface area contributed by atoms with Crippen LogP contribution in [0.2, 0.25) is 0 Å². The Labute approximate surface area is 444 Å². The molecule has 75 heavy (non-hydrogen) atoms. The molecule has 0 spiro atoms. The monoisotopic (exact) mass is 1060 g/mol. The van der Waals surface area contributed by atoms with Gasteiger partial charge in [-0.25, -0.2) is 22.5 Å². The third-order valence-corrected chi connectivity index (χ3v) is 15.9. The Balaban J connectivity index is 0.000000246. The van der Waals surface area contributed by atoms with E-state index in [1.807, 2.05) is 17.5 Å². The summed E-state index contributed by atoms with van der Waals surface area (Å²) in [6, 6.07) is 21.7. The predicted molar refractivity (Wildman–Crippen MR) is 286 cm³/mol. The predicted octanol–water partition coefficient (Wildman–Crippen LogP) is 9.16. The fourth-order valence-corrected chi connectivity index (χ4v) is 11.3. The molecule has 2 saturated carbocycles. The third kappa shape index (κ3) is 16.2. The fraction of sp³-hybridized carbons (Fsp3) is 0.508. The molecule has 7 rings (SSSR count). The van der Waals surface area contributed by atoms with Crippen LogP contribution in [0, 0.1) is 23.3 Å². The van der Waals surface area contributed by atoms with Crippen LogP contribution in [0.15, 0.2) is 96.5 Å². The van der Waals surface area contributed by atoms with E-state index < -0.39 is 64.2 Å². The highest BCUT2D eigenvalue weighted by Crippen LogP contribution is 2.47. The van der Waals surface area contributed by atoms with E-state index >= 15 is 0 Å². The highest BCUT2D eigenvalue weighted by atomic mass is 32.1. The largest absolute Gasteiger partial charge is 0.393 e. The van der Waals surface area contributed by atoms with Crippen molar-refractivity contribution < 1.29 is 47.6 Å². The standard InChI is InChI=1S/C31H39F2N3O3S.C28H38F2N2O3/c1-20(37)36-26(16-21-14-24(32)18-25(33)15-21)27(38)19-35-30(23-7-5-6-22(17-23)29(2,3)4)8-10-31(39,11-9-30)28-34-12-13-40-28;1-18(33)32-25(14-19-12-22(29)16-23(30)13-19)26(35)17-31-28(10-8-24(34)9-11-28)21-7-5-6-20(15-21)27(2,3)4/h5-7,12-15,17-18,26-27,35,38-39H,8-11,16,19H2,1-4H3,(H,36,37);5-7,12-13,15-16,24-26,31,34-35H,8-11,14,17H2,1-4H3,(H,32,33)/t26-,27+,30?,31?;24?,25-,26+,28?/m00/s1. The van der Waals surface area contributed by atoms with Crippen LogP contribution >= 0.6 is 11.3 Å². The maximum atomic E-state index is 13.8. The number of aliphatic hydroxyl groups excluding tert-OH is 3. The van der Waals surface area contributed by atoms with Crippen molar-refractivity contribution in [1.82, 2.24) is 26.3 Å². The van der Waals surface area contributed by atoms with Crippen molar-refractivity contribution in [1.29, 1.82) is 0 Å². The number of amides is 2. The maximum absolute atomic E-state index is 13.8. The molecular weight excluding hydrogens is 983 g/mol. The smallest absolute Gasteiger partial charge is 0.217 e. The van der Waals surface area contributed by atoms with Crippen molar-refractivity contribution in [3.63, 3.8) is 0 Å². The van der Waals surface area contributed by atoms with Crippen LogP contribution in [0.5, 0.6) is 0 Å². The molecule has 0 unspecified atom stereocenters. The summed E-state index contributed by atoms with van der Waals surface area (Å²) in [5, 5.41) is 59.1. The summed E-state index contributed by atoms with van der Waals surface area (Å²) in [5.74, 6) is -3.51. The average Bonchev–Trinajstić information content (AvgIpc) is 3.89. The molecular formula is C59H77F4N5O6S. The minimum absolute atomic E-state index is 0.0262. The summed E-state index contributed by atoms with van der Waals surface area (Å²) in [6.45, 7) is 15.9. The molecule has 16 heteroatoms. The van der Waals surface area contributed by atoms with Gasteiger partial charge in [-0.2, -0.15) is 0 Å². The molecule has 0 bridgehead atoms. The number of carbonyl (C=O) groups excluding carboxylic acids is 2. The first-order chi connectivity index (χ1) is 35.2. The second-order valence-corrected chi connectivity index (χ2v) is 23.8. The first kappa shape index (κ1) is 59.2. The van der Waals surface area contributed by atoms with Crippen molar-refractivity contribution in [2.24, 2.45) is 0 Å². The van der Waals surface area contributed by atoms with Crippen LogP contribution in [0.4, 0.5) is 17.6 Å². The number of thiazole rings is 1. The van der Waals surface area contributed by atoms with Gasteiger partial charge in [0.15, 0.2) is 0 Å². The van der Waals surface area contributed by atoms with E-state index in [4.69, 9.17) is 0 Å². The molecule has 0 aliphatic heterocycles. The lowest BCUT2D eigenvalue weighted by Gasteiger charge is -2.45. The van der Waals surface area contributed by atoms with Gasteiger partial charge in [-0.15, -0.1) is 11.3 Å². The molecule has 1 aromatic heterocycles. The SMILES string of the molecule is CC(=O)N[C@@H](Cc1cc(F)cc(F)c1)[C@H](O)CNC1(c2cccc(C(C)(C)C)c2)CCC(O)(c2nccs2)CC1.CC(=O)N[C@@H](Cc1cc(F)cc(F)c1)[C@H](O)CNC1(c2cccc(C(C)(C)C)c2)CCC(O)CC1. The molecule has 408 valence electrons. The Hall–Kier alpha value is -5.07. The minimum Gasteiger partial charge on any atom is -0.393 e. The Bertz CT molecular complexity index is 2640. The van der Waals surface area contributed by atoms with E-state index in [9.17, 15) is 47.6 Å². The lowest BCUT2D eigenvalue weighted by molar-refractivity contribution is -0.121. The van der Waals surface area contributed by atoms with Gasteiger partial charge in [0.2, 0.25) is 11.8 Å². The molecule has 0 radical (unpaired) electrons. The van der Waals surface area contributed by atoms with Crippen LogP contribution in [-0.2, 0) is 49.9 Å². The zero-order chi connectivity index (χ0) is 54.9. The van der Waals surface area contributed by atoms with Crippen molar-refractivity contribution in [3.05, 3.63) is 158 Å². The Kier molecular flexibility index (Phi) is 19.7. The van der Waals surface area contributed by atoms with E-state index in [0.29, 0.717) is 67.5 Å². The second-order valence-electron chi connectivity index (χ2n) is 22.9. The molecule has 2 amide bonds. The van der Waals surface area contributed by atoms with Gasteiger partial charge in [0.05, 0.1) is 30.4 Å². The molecule has 2 fully saturated rings. The quantitative estimate of drug-likeness (QED) is 0.0423. The van der Waals surface area contributed by atoms with E-state index in [-0.39, 0.29) is 54.7 Å². The van der Waals surface area contributed by atoms with Crippen molar-refractivity contribution in [2.45, 2.75) is 178 Å². The van der Waals surface area contributed by atoms with E-state index in [2.05, 4.69) is 104 Å². The van der Waals surface area contributed by atoms with Crippen molar-refractivity contribution in [2.75, 3.05) is 13.1 Å². The molecule has 2 aliphatic carbocycles. The van der Waals surface area contributed by atoms with Gasteiger partial charge in [0.1, 0.15) is 33.9 Å². The summed E-state index contributed by atoms with van der Waals surface area (Å²) in [7, 11) is 0. The number of carbonyl (C=O) groups is 2. The summed E-state index contributed by atoms with van der Waals surface area (Å²) in [5.41, 5.74) is 3.16. The van der Waals surface area contributed by atoms with E-state index in [1.54, 1.807) is 6.20 Å². The molecule has 8 N–H and O–H groups in total. The van der Waals surface area contributed by atoms with Gasteiger partial charge >= 0.3 is 0 Å². The van der Waals surface area contributed by atoms with Gasteiger partial charge in [0, 0.05) is 61.7 Å². The van der Waals surface area contributed by atoms with Crippen LogP contribution in [0.25, 0.3) is 0 Å². The summed E-state index contributed by atoms with van der Waals surface area (Å²) >= 11 is 1.45. The van der Waals surface area contributed by atoms with Crippen molar-refractivity contribution in [3.8, 4) is 0 Å². The van der Waals surface area contributed by atoms with Crippen LogP contribution < -0.4 is 21.3 Å². The van der Waals surface area contributed by atoms with Gasteiger partial charge in [-0.1, -0.05) is 90.1 Å². The maximum Gasteiger partial charge on any atom is 0.217 e. The molecule has 4 aromatic carbocycles. The summed E-state index contributed by atoms with van der Waals surface area (Å²) in [4.78, 5) is 28.2. The van der Waals surface area contributed by atoms with E-state index in [0.717, 1.165) is 23.3 Å². The average molecular weight is 1060 g/mol. The number of hydrogen-bond acceptors (Lipinski definition) is 10. The molecule has 0 saturated heterocycles. The summed E-state index contributed by atoms with van der Waals surface area (Å²) < 4.78 is 55.0. The number of hydrogen-bond donors (Lipinski definition) is 8. The normalized spacial score (nSPS) is 22.7. The molecule has 5 aromatic rings. The molecule has 2 aliphatic rings. The van der Waals surface area contributed by atoms with E-state index in [1.165, 1.54) is 60.6 Å². The Morgan fingerprint density at radius 3 is 1.40 bits per heavy atom. The van der Waals surface area contributed by atoms with Gasteiger partial charge in [-0.05, 0) is 133 Å². The van der Waals surface area contributed by atoms with Crippen LogP contribution in [0.3, 0.4) is 0 Å². The first-order valence-electron chi connectivity index (χ1n) is 26.0. The molecule has 1 heterocycles. The second kappa shape index (κ2) is 24.9. The topological polar surface area (TPSA) is 176 Å². The Morgan fingerprint density at radius 2 is 1.04 bits per heavy atom. The number of halogens is 4. The summed E-state index contributed by atoms with van der Waals surface area (Å²) in [6.07, 6.45) is 4.32. The Morgan fingerprint density at radius 1 is 0.640 bits per heavy atom. The zero-order valence-electron chi connectivity index (χ0n) is 44.6. The van der Waals surface area contributed by atoms with Gasteiger partial charge in [0.25, 0.3) is 0 Å². The number of nitrogens with zero attached hydrogens (tertiary/aromatic N) is 1.